The Labute approximate surface area is 198 Å². The molecule has 0 saturated carbocycles. The van der Waals surface area contributed by atoms with Crippen LogP contribution in [0.3, 0.4) is 0 Å². The van der Waals surface area contributed by atoms with E-state index in [0.717, 1.165) is 22.4 Å². The van der Waals surface area contributed by atoms with E-state index in [0.29, 0.717) is 17.9 Å². The first-order chi connectivity index (χ1) is 16.3. The third-order valence-electron chi connectivity index (χ3n) is 4.89. The molecule has 1 amide bonds. The van der Waals surface area contributed by atoms with Gasteiger partial charge in [0.25, 0.3) is 5.91 Å². The van der Waals surface area contributed by atoms with Crippen molar-refractivity contribution in [2.45, 2.75) is 17.3 Å². The topological polar surface area (TPSA) is 50.7 Å². The molecular weight excluding hydrogens is 428 g/mol. The number of hydrazone groups is 1. The highest BCUT2D eigenvalue weighted by atomic mass is 32.2. The molecule has 4 rings (SSSR count). The lowest BCUT2D eigenvalue weighted by molar-refractivity contribution is 0.0955. The third-order valence-corrected chi connectivity index (χ3v) is 5.97. The van der Waals surface area contributed by atoms with Gasteiger partial charge in [-0.2, -0.15) is 5.10 Å². The summed E-state index contributed by atoms with van der Waals surface area (Å²) in [5.74, 6) is 1.31. The van der Waals surface area contributed by atoms with Gasteiger partial charge < -0.3 is 4.74 Å². The summed E-state index contributed by atoms with van der Waals surface area (Å²) in [6.45, 7) is 0.465. The average Bonchev–Trinajstić information content (AvgIpc) is 2.88. The van der Waals surface area contributed by atoms with Crippen LogP contribution in [0.5, 0.6) is 5.75 Å². The summed E-state index contributed by atoms with van der Waals surface area (Å²) in [7, 11) is 0. The lowest BCUT2D eigenvalue weighted by Gasteiger charge is -2.09. The summed E-state index contributed by atoms with van der Waals surface area (Å²) in [5.41, 5.74) is 6.20. The molecule has 0 fully saturated rings. The Kier molecular flexibility index (Phi) is 7.93. The largest absolute Gasteiger partial charge is 0.488 e. The molecule has 0 atom stereocenters. The zero-order valence-corrected chi connectivity index (χ0v) is 18.9. The van der Waals surface area contributed by atoms with Crippen LogP contribution in [0.1, 0.15) is 27.0 Å². The Morgan fingerprint density at radius 2 is 1.45 bits per heavy atom. The highest BCUT2D eigenvalue weighted by Gasteiger charge is 2.05. The minimum Gasteiger partial charge on any atom is -0.488 e. The van der Waals surface area contributed by atoms with Crippen LogP contribution >= 0.6 is 11.8 Å². The lowest BCUT2D eigenvalue weighted by atomic mass is 10.1. The molecule has 4 aromatic rings. The van der Waals surface area contributed by atoms with Gasteiger partial charge in [0.1, 0.15) is 12.4 Å². The Morgan fingerprint density at radius 1 is 0.788 bits per heavy atom. The van der Waals surface area contributed by atoms with Crippen LogP contribution in [0.15, 0.2) is 119 Å². The summed E-state index contributed by atoms with van der Waals surface area (Å²) < 4.78 is 5.93. The number of para-hydroxylation sites is 1. The van der Waals surface area contributed by atoms with Crippen molar-refractivity contribution >= 4 is 23.9 Å². The molecule has 33 heavy (non-hydrogen) atoms. The van der Waals surface area contributed by atoms with Gasteiger partial charge in [0.2, 0.25) is 0 Å². The summed E-state index contributed by atoms with van der Waals surface area (Å²) >= 11 is 1.77. The van der Waals surface area contributed by atoms with Crippen LogP contribution in [-0.4, -0.2) is 12.1 Å². The first kappa shape index (κ1) is 22.4. The molecule has 0 aliphatic heterocycles. The third kappa shape index (κ3) is 6.82. The maximum Gasteiger partial charge on any atom is 0.271 e. The SMILES string of the molecule is O=C(N/N=C\c1ccccc1OCc1ccccc1)c1ccc(CSc2ccccc2)cc1. The molecule has 0 spiro atoms. The molecular formula is C28H24N2O2S. The molecule has 0 aliphatic carbocycles. The van der Waals surface area contributed by atoms with E-state index in [1.54, 1.807) is 18.0 Å². The van der Waals surface area contributed by atoms with E-state index in [1.807, 2.05) is 97.1 Å². The van der Waals surface area contributed by atoms with Crippen LogP contribution in [0.25, 0.3) is 0 Å². The van der Waals surface area contributed by atoms with Gasteiger partial charge in [-0.15, -0.1) is 11.8 Å². The zero-order chi connectivity index (χ0) is 22.7. The van der Waals surface area contributed by atoms with Crippen LogP contribution in [0, 0.1) is 0 Å². The summed E-state index contributed by atoms with van der Waals surface area (Å²) in [4.78, 5) is 13.7. The number of nitrogens with one attached hydrogen (secondary N) is 1. The second kappa shape index (κ2) is 11.7. The Morgan fingerprint density at radius 3 is 2.21 bits per heavy atom. The average molecular weight is 453 g/mol. The lowest BCUT2D eigenvalue weighted by Crippen LogP contribution is -2.17. The number of thioether (sulfide) groups is 1. The summed E-state index contributed by atoms with van der Waals surface area (Å²) in [6.07, 6.45) is 1.60. The predicted molar refractivity (Wildman–Crippen MR) is 135 cm³/mol. The molecule has 0 bridgehead atoms. The van der Waals surface area contributed by atoms with Crippen LogP contribution in [-0.2, 0) is 12.4 Å². The van der Waals surface area contributed by atoms with Gasteiger partial charge in [-0.3, -0.25) is 4.79 Å². The van der Waals surface area contributed by atoms with E-state index in [4.69, 9.17) is 4.74 Å². The molecule has 164 valence electrons. The van der Waals surface area contributed by atoms with E-state index < -0.39 is 0 Å². The van der Waals surface area contributed by atoms with Crippen molar-refractivity contribution in [2.24, 2.45) is 5.10 Å². The van der Waals surface area contributed by atoms with Gasteiger partial charge in [0.05, 0.1) is 6.21 Å². The van der Waals surface area contributed by atoms with Crippen LogP contribution < -0.4 is 10.2 Å². The number of rotatable bonds is 9. The summed E-state index contributed by atoms with van der Waals surface area (Å²) in [5, 5.41) is 4.12. The molecule has 0 saturated heterocycles. The van der Waals surface area contributed by atoms with E-state index in [2.05, 4.69) is 22.7 Å². The van der Waals surface area contributed by atoms with E-state index >= 15 is 0 Å². The van der Waals surface area contributed by atoms with Crippen molar-refractivity contribution in [1.82, 2.24) is 5.43 Å². The minimum absolute atomic E-state index is 0.254. The number of carbonyl (C=O) groups is 1. The van der Waals surface area contributed by atoms with Gasteiger partial charge in [-0.1, -0.05) is 72.8 Å². The molecule has 0 heterocycles. The molecule has 0 aromatic heterocycles. The maximum absolute atomic E-state index is 12.5. The number of hydrogen-bond acceptors (Lipinski definition) is 4. The van der Waals surface area contributed by atoms with Gasteiger partial charge in [-0.05, 0) is 47.5 Å². The van der Waals surface area contributed by atoms with Crippen molar-refractivity contribution in [1.29, 1.82) is 0 Å². The van der Waals surface area contributed by atoms with Crippen molar-refractivity contribution in [3.8, 4) is 5.75 Å². The minimum atomic E-state index is -0.254. The maximum atomic E-state index is 12.5. The van der Waals surface area contributed by atoms with Crippen molar-refractivity contribution in [3.05, 3.63) is 131 Å². The summed E-state index contributed by atoms with van der Waals surface area (Å²) in [6, 6.07) is 35.4. The molecule has 4 aromatic carbocycles. The number of hydrogen-bond donors (Lipinski definition) is 1. The highest BCUT2D eigenvalue weighted by Crippen LogP contribution is 2.22. The van der Waals surface area contributed by atoms with Crippen LogP contribution in [0.2, 0.25) is 0 Å². The van der Waals surface area contributed by atoms with E-state index in [9.17, 15) is 4.79 Å². The molecule has 0 radical (unpaired) electrons. The Hall–Kier alpha value is -3.83. The number of nitrogens with zero attached hydrogens (tertiary/aromatic N) is 1. The van der Waals surface area contributed by atoms with Crippen molar-refractivity contribution < 1.29 is 9.53 Å². The van der Waals surface area contributed by atoms with Crippen LogP contribution in [0.4, 0.5) is 0 Å². The van der Waals surface area contributed by atoms with Gasteiger partial charge in [0.15, 0.2) is 0 Å². The van der Waals surface area contributed by atoms with Crippen molar-refractivity contribution in [2.75, 3.05) is 0 Å². The molecule has 5 heteroatoms. The first-order valence-electron chi connectivity index (χ1n) is 10.6. The molecule has 0 unspecified atom stereocenters. The van der Waals surface area contributed by atoms with E-state index in [-0.39, 0.29) is 5.91 Å². The second-order valence-corrected chi connectivity index (χ2v) is 8.36. The number of ether oxygens (including phenoxy) is 1. The first-order valence-corrected chi connectivity index (χ1v) is 11.6. The Bertz CT molecular complexity index is 1190. The van der Waals surface area contributed by atoms with Crippen molar-refractivity contribution in [3.63, 3.8) is 0 Å². The fraction of sp³-hybridized carbons (Fsp3) is 0.0714. The fourth-order valence-corrected chi connectivity index (χ4v) is 3.99. The number of benzene rings is 4. The van der Waals surface area contributed by atoms with Gasteiger partial charge >= 0.3 is 0 Å². The molecule has 0 aliphatic rings. The normalized spacial score (nSPS) is 10.8. The smallest absolute Gasteiger partial charge is 0.271 e. The number of carbonyl (C=O) groups excluding carboxylic acids is 1. The molecule has 1 N–H and O–H groups in total. The Balaban J connectivity index is 1.31. The van der Waals surface area contributed by atoms with E-state index in [1.165, 1.54) is 4.90 Å². The fourth-order valence-electron chi connectivity index (χ4n) is 3.11. The standard InChI is InChI=1S/C28H24N2O2S/c31-28(24-17-15-23(16-18-24)21-33-26-12-5-2-6-13-26)30-29-19-25-11-7-8-14-27(25)32-20-22-9-3-1-4-10-22/h1-19H,20-21H2,(H,30,31)/b29-19-. The quantitative estimate of drug-likeness (QED) is 0.184. The second-order valence-electron chi connectivity index (χ2n) is 7.31. The number of amides is 1. The zero-order valence-electron chi connectivity index (χ0n) is 18.1. The monoisotopic (exact) mass is 452 g/mol. The highest BCUT2D eigenvalue weighted by molar-refractivity contribution is 7.98. The van der Waals surface area contributed by atoms with Gasteiger partial charge in [0, 0.05) is 21.8 Å². The predicted octanol–water partition coefficient (Wildman–Crippen LogP) is 6.32. The molecule has 4 nitrogen and oxygen atoms in total. The van der Waals surface area contributed by atoms with Gasteiger partial charge in [-0.25, -0.2) is 5.43 Å².